The maximum atomic E-state index is 6.11. The zero-order chi connectivity index (χ0) is 19.9. The van der Waals surface area contributed by atoms with Crippen molar-refractivity contribution in [3.05, 3.63) is 34.9 Å². The Morgan fingerprint density at radius 3 is 2.62 bits per heavy atom. The molecule has 0 saturated carbocycles. The SMILES string of the molecule is CCCN1CCC(CNC(=NC)N2CCOC(c3ccc(C)cc3C)C2)CC1.I. The number of nitrogens with one attached hydrogen (secondary N) is 1. The van der Waals surface area contributed by atoms with Crippen molar-refractivity contribution in [2.45, 2.75) is 46.1 Å². The summed E-state index contributed by atoms with van der Waals surface area (Å²) in [5.41, 5.74) is 3.92. The number of nitrogens with zero attached hydrogens (tertiary/aromatic N) is 3. The van der Waals surface area contributed by atoms with Crippen molar-refractivity contribution in [1.29, 1.82) is 0 Å². The summed E-state index contributed by atoms with van der Waals surface area (Å²) >= 11 is 0. The molecule has 2 heterocycles. The smallest absolute Gasteiger partial charge is 0.193 e. The molecule has 0 bridgehead atoms. The monoisotopic (exact) mass is 514 g/mol. The van der Waals surface area contributed by atoms with Gasteiger partial charge in [-0.3, -0.25) is 4.99 Å². The standard InChI is InChI=1S/C23H38N4O.HI/c1-5-10-26-11-8-20(9-12-26)16-25-23(24-4)27-13-14-28-22(17-27)21-7-6-18(2)15-19(21)3;/h6-7,15,20,22H,5,8-14,16-17H2,1-4H3,(H,24,25);1H. The fourth-order valence-electron chi connectivity index (χ4n) is 4.51. The van der Waals surface area contributed by atoms with Crippen LogP contribution in [0.1, 0.15) is 49.0 Å². The highest BCUT2D eigenvalue weighted by atomic mass is 127. The number of morpholine rings is 1. The van der Waals surface area contributed by atoms with Gasteiger partial charge in [0.15, 0.2) is 5.96 Å². The Morgan fingerprint density at radius 2 is 1.97 bits per heavy atom. The summed E-state index contributed by atoms with van der Waals surface area (Å²) in [4.78, 5) is 9.53. The van der Waals surface area contributed by atoms with Crippen LogP contribution in [0.15, 0.2) is 23.2 Å². The first-order valence-corrected chi connectivity index (χ1v) is 11.0. The summed E-state index contributed by atoms with van der Waals surface area (Å²) in [5.74, 6) is 1.77. The number of guanidine groups is 1. The molecule has 2 saturated heterocycles. The maximum Gasteiger partial charge on any atom is 0.193 e. The first kappa shape index (κ1) is 24.4. The number of hydrogen-bond donors (Lipinski definition) is 1. The molecule has 0 spiro atoms. The number of aryl methyl sites for hydroxylation is 2. The van der Waals surface area contributed by atoms with E-state index in [-0.39, 0.29) is 30.1 Å². The molecule has 164 valence electrons. The van der Waals surface area contributed by atoms with Crippen molar-refractivity contribution in [3.8, 4) is 0 Å². The van der Waals surface area contributed by atoms with Gasteiger partial charge in [-0.05, 0) is 69.8 Å². The molecule has 29 heavy (non-hydrogen) atoms. The van der Waals surface area contributed by atoms with Crippen molar-refractivity contribution >= 4 is 29.9 Å². The average Bonchev–Trinajstić information content (AvgIpc) is 2.70. The number of rotatable bonds is 5. The predicted octanol–water partition coefficient (Wildman–Crippen LogP) is 3.99. The second kappa shape index (κ2) is 12.1. The van der Waals surface area contributed by atoms with Crippen molar-refractivity contribution in [2.24, 2.45) is 10.9 Å². The highest BCUT2D eigenvalue weighted by Crippen LogP contribution is 2.26. The number of likely N-dealkylation sites (tertiary alicyclic amines) is 1. The maximum absolute atomic E-state index is 6.11. The van der Waals surface area contributed by atoms with Gasteiger partial charge in [0.05, 0.1) is 13.2 Å². The van der Waals surface area contributed by atoms with Gasteiger partial charge in [0.1, 0.15) is 6.10 Å². The normalized spacial score (nSPS) is 21.7. The molecule has 3 rings (SSSR count). The number of halogens is 1. The lowest BCUT2D eigenvalue weighted by Gasteiger charge is -2.37. The molecule has 0 aliphatic carbocycles. The Balaban J connectivity index is 0.00000300. The van der Waals surface area contributed by atoms with E-state index >= 15 is 0 Å². The van der Waals surface area contributed by atoms with Crippen LogP contribution >= 0.6 is 24.0 Å². The average molecular weight is 514 g/mol. The summed E-state index contributed by atoms with van der Waals surface area (Å²) < 4.78 is 6.11. The molecule has 0 amide bonds. The van der Waals surface area contributed by atoms with Crippen LogP contribution in [0.3, 0.4) is 0 Å². The van der Waals surface area contributed by atoms with Crippen molar-refractivity contribution in [3.63, 3.8) is 0 Å². The molecule has 6 heteroatoms. The van der Waals surface area contributed by atoms with E-state index < -0.39 is 0 Å². The lowest BCUT2D eigenvalue weighted by Crippen LogP contribution is -2.49. The van der Waals surface area contributed by atoms with Crippen LogP contribution in [0.5, 0.6) is 0 Å². The molecular formula is C23H39IN4O. The summed E-state index contributed by atoms with van der Waals surface area (Å²) in [6.45, 7) is 13.9. The number of hydrogen-bond acceptors (Lipinski definition) is 3. The minimum atomic E-state index is 0. The van der Waals surface area contributed by atoms with Gasteiger partial charge < -0.3 is 19.9 Å². The third-order valence-corrected chi connectivity index (χ3v) is 6.15. The van der Waals surface area contributed by atoms with E-state index in [0.29, 0.717) is 0 Å². The Morgan fingerprint density at radius 1 is 1.21 bits per heavy atom. The van der Waals surface area contributed by atoms with Crippen LogP contribution in [0.2, 0.25) is 0 Å². The van der Waals surface area contributed by atoms with E-state index in [0.717, 1.165) is 38.1 Å². The quantitative estimate of drug-likeness (QED) is 0.367. The largest absolute Gasteiger partial charge is 0.370 e. The number of benzene rings is 1. The molecule has 2 aliphatic heterocycles. The van der Waals surface area contributed by atoms with Crippen molar-refractivity contribution in [1.82, 2.24) is 15.1 Å². The van der Waals surface area contributed by atoms with Crippen LogP contribution in [0, 0.1) is 19.8 Å². The van der Waals surface area contributed by atoms with Crippen LogP contribution in [0.4, 0.5) is 0 Å². The Labute approximate surface area is 194 Å². The fourth-order valence-corrected chi connectivity index (χ4v) is 4.51. The Kier molecular flexibility index (Phi) is 10.2. The van der Waals surface area contributed by atoms with Gasteiger partial charge in [-0.25, -0.2) is 0 Å². The minimum absolute atomic E-state index is 0. The van der Waals surface area contributed by atoms with Gasteiger partial charge >= 0.3 is 0 Å². The van der Waals surface area contributed by atoms with Crippen LogP contribution in [-0.4, -0.2) is 68.7 Å². The zero-order valence-corrected chi connectivity index (χ0v) is 20.9. The first-order chi connectivity index (χ1) is 13.6. The molecule has 2 aliphatic rings. The van der Waals surface area contributed by atoms with Crippen LogP contribution in [0.25, 0.3) is 0 Å². The second-order valence-corrected chi connectivity index (χ2v) is 8.38. The van der Waals surface area contributed by atoms with Gasteiger partial charge in [0, 0.05) is 20.1 Å². The van der Waals surface area contributed by atoms with E-state index in [1.165, 1.54) is 55.6 Å². The van der Waals surface area contributed by atoms with Crippen LogP contribution in [-0.2, 0) is 4.74 Å². The lowest BCUT2D eigenvalue weighted by molar-refractivity contribution is -0.00841. The molecule has 2 fully saturated rings. The molecule has 1 unspecified atom stereocenters. The topological polar surface area (TPSA) is 40.1 Å². The fraction of sp³-hybridized carbons (Fsp3) is 0.696. The predicted molar refractivity (Wildman–Crippen MR) is 132 cm³/mol. The minimum Gasteiger partial charge on any atom is -0.370 e. The molecule has 1 aromatic rings. The molecule has 1 aromatic carbocycles. The Bertz CT molecular complexity index is 658. The van der Waals surface area contributed by atoms with E-state index in [1.807, 2.05) is 7.05 Å². The molecule has 1 atom stereocenters. The first-order valence-electron chi connectivity index (χ1n) is 11.0. The van der Waals surface area contributed by atoms with E-state index in [4.69, 9.17) is 4.74 Å². The van der Waals surface area contributed by atoms with E-state index in [9.17, 15) is 0 Å². The summed E-state index contributed by atoms with van der Waals surface area (Å²) in [6, 6.07) is 6.65. The highest BCUT2D eigenvalue weighted by Gasteiger charge is 2.26. The van der Waals surface area contributed by atoms with E-state index in [2.05, 4.69) is 59.1 Å². The van der Waals surface area contributed by atoms with Gasteiger partial charge in [-0.15, -0.1) is 24.0 Å². The summed E-state index contributed by atoms with van der Waals surface area (Å²) in [6.07, 6.45) is 3.95. The van der Waals surface area contributed by atoms with Crippen LogP contribution < -0.4 is 5.32 Å². The molecule has 0 aromatic heterocycles. The highest BCUT2D eigenvalue weighted by molar-refractivity contribution is 14.0. The molecule has 1 N–H and O–H groups in total. The number of piperidine rings is 1. The Hall–Kier alpha value is -0.860. The molecule has 0 radical (unpaired) electrons. The van der Waals surface area contributed by atoms with Gasteiger partial charge in [0.25, 0.3) is 0 Å². The third kappa shape index (κ3) is 6.82. The van der Waals surface area contributed by atoms with Gasteiger partial charge in [-0.1, -0.05) is 30.7 Å². The van der Waals surface area contributed by atoms with Crippen molar-refractivity contribution in [2.75, 3.05) is 52.9 Å². The van der Waals surface area contributed by atoms with Crippen molar-refractivity contribution < 1.29 is 4.74 Å². The van der Waals surface area contributed by atoms with Gasteiger partial charge in [0.2, 0.25) is 0 Å². The third-order valence-electron chi connectivity index (χ3n) is 6.15. The number of aliphatic imine (C=N–C) groups is 1. The molecular weight excluding hydrogens is 475 g/mol. The van der Waals surface area contributed by atoms with E-state index in [1.54, 1.807) is 0 Å². The van der Waals surface area contributed by atoms with Gasteiger partial charge in [-0.2, -0.15) is 0 Å². The summed E-state index contributed by atoms with van der Waals surface area (Å²) in [7, 11) is 1.90. The lowest BCUT2D eigenvalue weighted by atomic mass is 9.96. The number of ether oxygens (including phenoxy) is 1. The zero-order valence-electron chi connectivity index (χ0n) is 18.6. The second-order valence-electron chi connectivity index (χ2n) is 8.38. The molecule has 5 nitrogen and oxygen atoms in total. The summed E-state index contributed by atoms with van der Waals surface area (Å²) in [5, 5.41) is 3.65.